The van der Waals surface area contributed by atoms with Crippen molar-refractivity contribution in [3.63, 3.8) is 0 Å². The van der Waals surface area contributed by atoms with Crippen molar-refractivity contribution in [2.24, 2.45) is 0 Å². The SMILES string of the molecule is CCOc1cc([C@H]2N[C@@H](C(=O)O)CS2)ccc1Oc1ccc([N+](=O)[O-])cc1[N+](=O)[O-]. The molecule has 2 atom stereocenters. The highest BCUT2D eigenvalue weighted by molar-refractivity contribution is 7.99. The van der Waals surface area contributed by atoms with E-state index in [4.69, 9.17) is 14.6 Å². The number of rotatable bonds is 8. The van der Waals surface area contributed by atoms with Crippen LogP contribution in [0.3, 0.4) is 0 Å². The minimum absolute atomic E-state index is 0.168. The van der Waals surface area contributed by atoms with E-state index in [0.29, 0.717) is 18.1 Å². The molecule has 1 fully saturated rings. The second kappa shape index (κ2) is 8.97. The molecule has 3 rings (SSSR count). The van der Waals surface area contributed by atoms with E-state index in [0.717, 1.165) is 23.8 Å². The van der Waals surface area contributed by atoms with Gasteiger partial charge >= 0.3 is 11.7 Å². The van der Waals surface area contributed by atoms with Crippen LogP contribution in [0.2, 0.25) is 0 Å². The number of hydrogen-bond acceptors (Lipinski definition) is 9. The average Bonchev–Trinajstić information content (AvgIpc) is 3.20. The van der Waals surface area contributed by atoms with Crippen LogP contribution in [0.25, 0.3) is 0 Å². The van der Waals surface area contributed by atoms with Crippen LogP contribution in [0.4, 0.5) is 11.4 Å². The third-order valence-corrected chi connectivity index (χ3v) is 5.49. The summed E-state index contributed by atoms with van der Waals surface area (Å²) >= 11 is 1.44. The summed E-state index contributed by atoms with van der Waals surface area (Å²) in [6.45, 7) is 2.05. The van der Waals surface area contributed by atoms with Crippen molar-refractivity contribution >= 4 is 29.1 Å². The zero-order chi connectivity index (χ0) is 21.8. The molecule has 1 heterocycles. The molecule has 0 unspecified atom stereocenters. The number of carboxylic acids is 1. The third-order valence-electron chi connectivity index (χ3n) is 4.22. The first kappa shape index (κ1) is 21.3. The molecule has 0 bridgehead atoms. The molecule has 158 valence electrons. The number of nitro benzene ring substituents is 2. The summed E-state index contributed by atoms with van der Waals surface area (Å²) in [7, 11) is 0. The third kappa shape index (κ3) is 4.60. The van der Waals surface area contributed by atoms with Crippen molar-refractivity contribution in [3.8, 4) is 17.2 Å². The highest BCUT2D eigenvalue weighted by Gasteiger charge is 2.31. The van der Waals surface area contributed by atoms with Crippen molar-refractivity contribution in [3.05, 3.63) is 62.2 Å². The summed E-state index contributed by atoms with van der Waals surface area (Å²) in [6, 6.07) is 7.37. The van der Waals surface area contributed by atoms with E-state index in [1.807, 2.05) is 0 Å². The Labute approximate surface area is 174 Å². The molecule has 2 N–H and O–H groups in total. The van der Waals surface area contributed by atoms with E-state index >= 15 is 0 Å². The molecule has 12 heteroatoms. The van der Waals surface area contributed by atoms with Crippen LogP contribution in [-0.2, 0) is 4.79 Å². The smallest absolute Gasteiger partial charge is 0.321 e. The first-order chi connectivity index (χ1) is 14.3. The lowest BCUT2D eigenvalue weighted by atomic mass is 10.2. The molecule has 0 saturated carbocycles. The first-order valence-corrected chi connectivity index (χ1v) is 9.83. The maximum Gasteiger partial charge on any atom is 0.321 e. The zero-order valence-corrected chi connectivity index (χ0v) is 16.5. The normalized spacial score (nSPS) is 18.0. The van der Waals surface area contributed by atoms with Gasteiger partial charge < -0.3 is 14.6 Å². The van der Waals surface area contributed by atoms with Gasteiger partial charge in [0.15, 0.2) is 11.5 Å². The van der Waals surface area contributed by atoms with E-state index in [1.54, 1.807) is 25.1 Å². The first-order valence-electron chi connectivity index (χ1n) is 8.78. The summed E-state index contributed by atoms with van der Waals surface area (Å²) in [4.78, 5) is 31.9. The maximum atomic E-state index is 11.3. The lowest BCUT2D eigenvalue weighted by Crippen LogP contribution is -2.33. The maximum absolute atomic E-state index is 11.3. The van der Waals surface area contributed by atoms with Gasteiger partial charge in [0.2, 0.25) is 5.75 Å². The minimum atomic E-state index is -0.930. The number of ether oxygens (including phenoxy) is 2. The minimum Gasteiger partial charge on any atom is -0.490 e. The van der Waals surface area contributed by atoms with E-state index < -0.39 is 33.2 Å². The van der Waals surface area contributed by atoms with Gasteiger partial charge in [-0.15, -0.1) is 11.8 Å². The summed E-state index contributed by atoms with van der Waals surface area (Å²) < 4.78 is 11.2. The van der Waals surface area contributed by atoms with Crippen molar-refractivity contribution in [1.82, 2.24) is 5.32 Å². The highest BCUT2D eigenvalue weighted by atomic mass is 32.2. The lowest BCUT2D eigenvalue weighted by Gasteiger charge is -2.16. The average molecular weight is 435 g/mol. The Morgan fingerprint density at radius 3 is 2.50 bits per heavy atom. The van der Waals surface area contributed by atoms with Gasteiger partial charge in [0, 0.05) is 11.8 Å². The number of aliphatic carboxylic acids is 1. The number of nitrogens with zero attached hydrogens (tertiary/aromatic N) is 2. The van der Waals surface area contributed by atoms with Crippen molar-refractivity contribution in [1.29, 1.82) is 0 Å². The Balaban J connectivity index is 1.90. The number of nitrogens with one attached hydrogen (secondary N) is 1. The van der Waals surface area contributed by atoms with Crippen LogP contribution in [0.5, 0.6) is 17.2 Å². The van der Waals surface area contributed by atoms with Crippen molar-refractivity contribution in [2.75, 3.05) is 12.4 Å². The fourth-order valence-electron chi connectivity index (χ4n) is 2.81. The Kier molecular flexibility index (Phi) is 6.37. The van der Waals surface area contributed by atoms with Gasteiger partial charge in [-0.3, -0.25) is 30.3 Å². The van der Waals surface area contributed by atoms with Crippen LogP contribution >= 0.6 is 11.8 Å². The lowest BCUT2D eigenvalue weighted by molar-refractivity contribution is -0.394. The zero-order valence-electron chi connectivity index (χ0n) is 15.6. The molecule has 2 aromatic carbocycles. The van der Waals surface area contributed by atoms with Crippen LogP contribution < -0.4 is 14.8 Å². The summed E-state index contributed by atoms with van der Waals surface area (Å²) in [6.07, 6.45) is 0. The van der Waals surface area contributed by atoms with Crippen LogP contribution in [0.15, 0.2) is 36.4 Å². The molecule has 1 aliphatic rings. The monoisotopic (exact) mass is 435 g/mol. The fraction of sp³-hybridized carbons (Fsp3) is 0.278. The van der Waals surface area contributed by atoms with Gasteiger partial charge in [-0.1, -0.05) is 6.07 Å². The van der Waals surface area contributed by atoms with Gasteiger partial charge in [-0.05, 0) is 30.7 Å². The molecule has 1 saturated heterocycles. The molecule has 1 aliphatic heterocycles. The molecule has 0 aliphatic carbocycles. The van der Waals surface area contributed by atoms with E-state index in [9.17, 15) is 25.0 Å². The van der Waals surface area contributed by atoms with E-state index in [-0.39, 0.29) is 16.9 Å². The molecular formula is C18H17N3O8S. The van der Waals surface area contributed by atoms with Gasteiger partial charge in [0.05, 0.1) is 27.9 Å². The molecule has 0 amide bonds. The van der Waals surface area contributed by atoms with Crippen molar-refractivity contribution < 1.29 is 29.2 Å². The van der Waals surface area contributed by atoms with E-state index in [2.05, 4.69) is 5.32 Å². The molecule has 0 radical (unpaired) electrons. The quantitative estimate of drug-likeness (QED) is 0.465. The van der Waals surface area contributed by atoms with E-state index in [1.165, 1.54) is 11.8 Å². The number of hydrogen-bond donors (Lipinski definition) is 2. The molecule has 11 nitrogen and oxygen atoms in total. The Hall–Kier alpha value is -3.38. The number of carboxylic acid groups (broad SMARTS) is 1. The second-order valence-corrected chi connectivity index (χ2v) is 7.32. The fourth-order valence-corrected chi connectivity index (χ4v) is 4.04. The number of carbonyl (C=O) groups is 1. The molecule has 0 spiro atoms. The van der Waals surface area contributed by atoms with Gasteiger partial charge in [-0.2, -0.15) is 0 Å². The number of benzene rings is 2. The molecule has 30 heavy (non-hydrogen) atoms. The highest BCUT2D eigenvalue weighted by Crippen LogP contribution is 2.41. The predicted octanol–water partition coefficient (Wildman–Crippen LogP) is 3.48. The Morgan fingerprint density at radius 2 is 1.90 bits per heavy atom. The largest absolute Gasteiger partial charge is 0.490 e. The second-order valence-electron chi connectivity index (χ2n) is 6.18. The summed E-state index contributed by atoms with van der Waals surface area (Å²) in [5.41, 5.74) is -0.211. The Morgan fingerprint density at radius 1 is 1.17 bits per heavy atom. The van der Waals surface area contributed by atoms with Gasteiger partial charge in [0.1, 0.15) is 6.04 Å². The van der Waals surface area contributed by atoms with Crippen molar-refractivity contribution in [2.45, 2.75) is 18.3 Å². The van der Waals surface area contributed by atoms with Crippen LogP contribution in [0, 0.1) is 20.2 Å². The standard InChI is InChI=1S/C18H17N3O8S/c1-2-28-16-7-10(17-19-12(9-30-17)18(22)23)3-5-15(16)29-14-6-4-11(20(24)25)8-13(14)21(26)27/h3-8,12,17,19H,2,9H2,1H3,(H,22,23)/t12-,17+/m1/s1. The molecule has 2 aromatic rings. The molecule has 0 aromatic heterocycles. The number of thioether (sulfide) groups is 1. The van der Waals surface area contributed by atoms with Gasteiger partial charge in [-0.25, -0.2) is 0 Å². The number of non-ortho nitro benzene ring substituents is 1. The topological polar surface area (TPSA) is 154 Å². The van der Waals surface area contributed by atoms with Gasteiger partial charge in [0.25, 0.3) is 5.69 Å². The predicted molar refractivity (Wildman–Crippen MR) is 107 cm³/mol. The van der Waals surface area contributed by atoms with Crippen LogP contribution in [0.1, 0.15) is 17.9 Å². The number of nitro groups is 2. The summed E-state index contributed by atoms with van der Waals surface area (Å²) in [5.74, 6) is -0.185. The van der Waals surface area contributed by atoms with Crippen LogP contribution in [-0.4, -0.2) is 39.3 Å². The molecular weight excluding hydrogens is 418 g/mol. The Bertz CT molecular complexity index is 999. The summed E-state index contributed by atoms with van der Waals surface area (Å²) in [5, 5.41) is 34.1.